The molecular formula is C11H12O4. The van der Waals surface area contributed by atoms with Gasteiger partial charge in [-0.1, -0.05) is 0 Å². The molecule has 80 valence electrons. The van der Waals surface area contributed by atoms with Crippen LogP contribution in [0.1, 0.15) is 22.8 Å². The Labute approximate surface area is 87.5 Å². The number of rotatable bonds is 3. The minimum atomic E-state index is -0.900. The summed E-state index contributed by atoms with van der Waals surface area (Å²) in [6, 6.07) is 4.27. The number of benzene rings is 1. The van der Waals surface area contributed by atoms with Crippen LogP contribution in [0.5, 0.6) is 5.75 Å². The molecule has 0 aliphatic rings. The number of hydrogen-bond acceptors (Lipinski definition) is 4. The summed E-state index contributed by atoms with van der Waals surface area (Å²) < 4.78 is 4.57. The molecule has 0 heterocycles. The predicted molar refractivity (Wildman–Crippen MR) is 53.8 cm³/mol. The molecule has 1 aromatic carbocycles. The van der Waals surface area contributed by atoms with E-state index in [9.17, 15) is 14.7 Å². The number of ether oxygens (including phenoxy) is 1. The van der Waals surface area contributed by atoms with E-state index in [0.717, 1.165) is 0 Å². The number of esters is 1. The zero-order valence-corrected chi connectivity index (χ0v) is 8.61. The largest absolute Gasteiger partial charge is 0.508 e. The predicted octanol–water partition coefficient (Wildman–Crippen LogP) is 1.45. The summed E-state index contributed by atoms with van der Waals surface area (Å²) >= 11 is 0. The van der Waals surface area contributed by atoms with Gasteiger partial charge in [0.15, 0.2) is 0 Å². The minimum absolute atomic E-state index is 0.0392. The van der Waals surface area contributed by atoms with Crippen LogP contribution in [0.3, 0.4) is 0 Å². The van der Waals surface area contributed by atoms with Crippen molar-refractivity contribution in [2.24, 2.45) is 0 Å². The van der Waals surface area contributed by atoms with Crippen LogP contribution in [-0.2, 0) is 9.53 Å². The van der Waals surface area contributed by atoms with Crippen LogP contribution in [0.15, 0.2) is 18.2 Å². The first-order valence-corrected chi connectivity index (χ1v) is 4.56. The lowest BCUT2D eigenvalue weighted by Crippen LogP contribution is -2.17. The fourth-order valence-corrected chi connectivity index (χ4v) is 1.21. The molecule has 4 heteroatoms. The third-order valence-electron chi connectivity index (χ3n) is 1.79. The van der Waals surface area contributed by atoms with E-state index in [1.165, 1.54) is 18.2 Å². The SMILES string of the molecule is CCOC(=O)C(=O)c1cc(C)cc(O)c1. The molecule has 0 saturated carbocycles. The molecule has 1 rings (SSSR count). The van der Waals surface area contributed by atoms with E-state index in [1.54, 1.807) is 13.8 Å². The van der Waals surface area contributed by atoms with E-state index in [1.807, 2.05) is 0 Å². The number of carbonyl (C=O) groups excluding carboxylic acids is 2. The molecule has 0 fully saturated rings. The average molecular weight is 208 g/mol. The van der Waals surface area contributed by atoms with Gasteiger partial charge in [0.1, 0.15) is 5.75 Å². The van der Waals surface area contributed by atoms with E-state index < -0.39 is 11.8 Å². The fraction of sp³-hybridized carbons (Fsp3) is 0.273. The van der Waals surface area contributed by atoms with Crippen LogP contribution in [-0.4, -0.2) is 23.5 Å². The maximum atomic E-state index is 11.5. The molecule has 0 aromatic heterocycles. The van der Waals surface area contributed by atoms with Crippen molar-refractivity contribution in [3.8, 4) is 5.75 Å². The molecule has 4 nitrogen and oxygen atoms in total. The standard InChI is InChI=1S/C11H12O4/c1-3-15-11(14)10(13)8-4-7(2)5-9(12)6-8/h4-6,12H,3H2,1-2H3. The zero-order chi connectivity index (χ0) is 11.4. The van der Waals surface area contributed by atoms with Crippen molar-refractivity contribution in [3.05, 3.63) is 29.3 Å². The summed E-state index contributed by atoms with van der Waals surface area (Å²) in [5, 5.41) is 9.25. The highest BCUT2D eigenvalue weighted by molar-refractivity contribution is 6.40. The highest BCUT2D eigenvalue weighted by Gasteiger charge is 2.17. The molecule has 0 saturated heterocycles. The molecule has 0 radical (unpaired) electrons. The molecule has 1 N–H and O–H groups in total. The van der Waals surface area contributed by atoms with Crippen LogP contribution >= 0.6 is 0 Å². The zero-order valence-electron chi connectivity index (χ0n) is 8.61. The number of ketones is 1. The lowest BCUT2D eigenvalue weighted by Gasteiger charge is -2.02. The van der Waals surface area contributed by atoms with Crippen molar-refractivity contribution in [1.82, 2.24) is 0 Å². The smallest absolute Gasteiger partial charge is 0.379 e. The summed E-state index contributed by atoms with van der Waals surface area (Å²) in [4.78, 5) is 22.6. The molecule has 0 spiro atoms. The third-order valence-corrected chi connectivity index (χ3v) is 1.79. The molecule has 0 aliphatic heterocycles. The van der Waals surface area contributed by atoms with Gasteiger partial charge in [-0.25, -0.2) is 4.79 Å². The van der Waals surface area contributed by atoms with Gasteiger partial charge in [0.05, 0.1) is 6.61 Å². The highest BCUT2D eigenvalue weighted by atomic mass is 16.5. The molecule has 0 amide bonds. The summed E-state index contributed by atoms with van der Waals surface area (Å²) in [5.74, 6) is -1.68. The van der Waals surface area contributed by atoms with Crippen molar-refractivity contribution in [2.75, 3.05) is 6.61 Å². The number of Topliss-reactive ketones (excluding diaryl/α,β-unsaturated/α-hetero) is 1. The van der Waals surface area contributed by atoms with Crippen molar-refractivity contribution in [3.63, 3.8) is 0 Å². The summed E-state index contributed by atoms with van der Waals surface area (Å²) in [6.45, 7) is 3.50. The lowest BCUT2D eigenvalue weighted by molar-refractivity contribution is -0.137. The van der Waals surface area contributed by atoms with Gasteiger partial charge in [-0.3, -0.25) is 4.79 Å². The van der Waals surface area contributed by atoms with Gasteiger partial charge in [0, 0.05) is 5.56 Å². The Kier molecular flexibility index (Phi) is 3.44. The molecule has 0 aliphatic carbocycles. The van der Waals surface area contributed by atoms with Gasteiger partial charge >= 0.3 is 5.97 Å². The molecule has 0 atom stereocenters. The van der Waals surface area contributed by atoms with Gasteiger partial charge < -0.3 is 9.84 Å². The Morgan fingerprint density at radius 2 is 2.00 bits per heavy atom. The van der Waals surface area contributed by atoms with Crippen LogP contribution in [0.4, 0.5) is 0 Å². The van der Waals surface area contributed by atoms with Gasteiger partial charge in [0.2, 0.25) is 0 Å². The van der Waals surface area contributed by atoms with Crippen molar-refractivity contribution in [2.45, 2.75) is 13.8 Å². The summed E-state index contributed by atoms with van der Waals surface area (Å²) in [5.41, 5.74) is 0.855. The number of phenolic OH excluding ortho intramolecular Hbond substituents is 1. The van der Waals surface area contributed by atoms with Gasteiger partial charge in [-0.05, 0) is 37.6 Å². The van der Waals surface area contributed by atoms with Crippen LogP contribution in [0.25, 0.3) is 0 Å². The van der Waals surface area contributed by atoms with Crippen molar-refractivity contribution < 1.29 is 19.4 Å². The maximum absolute atomic E-state index is 11.5. The summed E-state index contributed by atoms with van der Waals surface area (Å²) in [6.07, 6.45) is 0. The van der Waals surface area contributed by atoms with E-state index >= 15 is 0 Å². The maximum Gasteiger partial charge on any atom is 0.379 e. The number of hydrogen-bond donors (Lipinski definition) is 1. The summed E-state index contributed by atoms with van der Waals surface area (Å²) in [7, 11) is 0. The van der Waals surface area contributed by atoms with Crippen LogP contribution in [0.2, 0.25) is 0 Å². The third kappa shape index (κ3) is 2.80. The second kappa shape index (κ2) is 4.59. The molecular weight excluding hydrogens is 196 g/mol. The van der Waals surface area contributed by atoms with E-state index in [4.69, 9.17) is 0 Å². The molecule has 0 unspecified atom stereocenters. The Bertz CT molecular complexity index is 375. The topological polar surface area (TPSA) is 63.6 Å². The Hall–Kier alpha value is -1.84. The quantitative estimate of drug-likeness (QED) is 0.464. The second-order valence-corrected chi connectivity index (χ2v) is 3.11. The van der Waals surface area contributed by atoms with E-state index in [0.29, 0.717) is 5.56 Å². The normalized spacial score (nSPS) is 9.73. The Morgan fingerprint density at radius 1 is 1.33 bits per heavy atom. The monoisotopic (exact) mass is 208 g/mol. The van der Waals surface area contributed by atoms with Gasteiger partial charge in [0.25, 0.3) is 5.78 Å². The van der Waals surface area contributed by atoms with Crippen molar-refractivity contribution >= 4 is 11.8 Å². The van der Waals surface area contributed by atoms with Crippen molar-refractivity contribution in [1.29, 1.82) is 0 Å². The van der Waals surface area contributed by atoms with E-state index in [2.05, 4.69) is 4.74 Å². The van der Waals surface area contributed by atoms with Gasteiger partial charge in [-0.15, -0.1) is 0 Å². The number of carbonyl (C=O) groups is 2. The second-order valence-electron chi connectivity index (χ2n) is 3.11. The number of phenols is 1. The Balaban J connectivity index is 2.96. The average Bonchev–Trinajstić information content (AvgIpc) is 2.15. The first kappa shape index (κ1) is 11.2. The number of aryl methyl sites for hydroxylation is 1. The number of aromatic hydroxyl groups is 1. The Morgan fingerprint density at radius 3 is 2.53 bits per heavy atom. The first-order chi connectivity index (χ1) is 7.04. The lowest BCUT2D eigenvalue weighted by atomic mass is 10.1. The minimum Gasteiger partial charge on any atom is -0.508 e. The van der Waals surface area contributed by atoms with Crippen LogP contribution in [0, 0.1) is 6.92 Å². The first-order valence-electron chi connectivity index (χ1n) is 4.56. The van der Waals surface area contributed by atoms with E-state index in [-0.39, 0.29) is 17.9 Å². The van der Waals surface area contributed by atoms with Gasteiger partial charge in [-0.2, -0.15) is 0 Å². The molecule has 0 bridgehead atoms. The van der Waals surface area contributed by atoms with Crippen LogP contribution < -0.4 is 0 Å². The fourth-order valence-electron chi connectivity index (χ4n) is 1.21. The molecule has 15 heavy (non-hydrogen) atoms. The highest BCUT2D eigenvalue weighted by Crippen LogP contribution is 2.15. The molecule has 1 aromatic rings.